The Morgan fingerprint density at radius 1 is 1.19 bits per heavy atom. The molecule has 1 unspecified atom stereocenters. The molecule has 0 bridgehead atoms. The molecule has 21 heavy (non-hydrogen) atoms. The van der Waals surface area contributed by atoms with Crippen molar-refractivity contribution < 1.29 is 24.2 Å². The predicted molar refractivity (Wildman–Crippen MR) is 73.7 cm³/mol. The molecule has 0 aliphatic carbocycles. The maximum absolute atomic E-state index is 12.7. The minimum Gasteiger partial charge on any atom is -0.486 e. The molecule has 1 N–H and O–H groups in total. The van der Waals surface area contributed by atoms with Crippen LogP contribution in [-0.4, -0.2) is 47.7 Å². The number of nitrogens with zero attached hydrogens (tertiary/aromatic N) is 1. The van der Waals surface area contributed by atoms with Crippen molar-refractivity contribution >= 4 is 11.9 Å². The van der Waals surface area contributed by atoms with Crippen molar-refractivity contribution in [2.75, 3.05) is 19.8 Å². The Balaban J connectivity index is 1.92. The molecular weight excluding hydrogens is 274 g/mol. The van der Waals surface area contributed by atoms with Gasteiger partial charge in [0.2, 0.25) is 0 Å². The third kappa shape index (κ3) is 2.53. The van der Waals surface area contributed by atoms with E-state index in [2.05, 4.69) is 0 Å². The fourth-order valence-corrected chi connectivity index (χ4v) is 2.83. The van der Waals surface area contributed by atoms with Crippen molar-refractivity contribution in [3.63, 3.8) is 0 Å². The first-order valence-corrected chi connectivity index (χ1v) is 7.11. The third-order valence-corrected chi connectivity index (χ3v) is 3.85. The molecule has 1 saturated heterocycles. The van der Waals surface area contributed by atoms with E-state index in [-0.39, 0.29) is 5.91 Å². The fourth-order valence-electron chi connectivity index (χ4n) is 2.83. The van der Waals surface area contributed by atoms with Gasteiger partial charge in [0.1, 0.15) is 19.3 Å². The summed E-state index contributed by atoms with van der Waals surface area (Å²) in [4.78, 5) is 25.5. The average Bonchev–Trinajstić information content (AvgIpc) is 2.53. The number of hydrogen-bond donors (Lipinski definition) is 1. The number of carbonyl (C=O) groups is 2. The van der Waals surface area contributed by atoms with Crippen LogP contribution in [0.4, 0.5) is 0 Å². The largest absolute Gasteiger partial charge is 0.486 e. The summed E-state index contributed by atoms with van der Waals surface area (Å²) < 4.78 is 11.0. The van der Waals surface area contributed by atoms with E-state index in [1.807, 2.05) is 0 Å². The van der Waals surface area contributed by atoms with Crippen molar-refractivity contribution in [3.8, 4) is 11.5 Å². The van der Waals surface area contributed by atoms with E-state index in [0.717, 1.165) is 12.8 Å². The summed E-state index contributed by atoms with van der Waals surface area (Å²) in [5.41, 5.74) is 0.375. The topological polar surface area (TPSA) is 76.1 Å². The molecule has 1 atom stereocenters. The van der Waals surface area contributed by atoms with Crippen LogP contribution in [0.2, 0.25) is 0 Å². The number of carboxylic acids is 1. The van der Waals surface area contributed by atoms with E-state index in [1.54, 1.807) is 18.2 Å². The Morgan fingerprint density at radius 3 is 2.81 bits per heavy atom. The molecule has 1 aromatic rings. The van der Waals surface area contributed by atoms with Gasteiger partial charge in [0, 0.05) is 6.54 Å². The Kier molecular flexibility index (Phi) is 3.68. The lowest BCUT2D eigenvalue weighted by atomic mass is 10.0. The van der Waals surface area contributed by atoms with E-state index < -0.39 is 12.0 Å². The zero-order chi connectivity index (χ0) is 14.8. The monoisotopic (exact) mass is 291 g/mol. The summed E-state index contributed by atoms with van der Waals surface area (Å²) in [6.07, 6.45) is 2.14. The molecule has 0 radical (unpaired) electrons. The van der Waals surface area contributed by atoms with Crippen LogP contribution in [0, 0.1) is 0 Å². The smallest absolute Gasteiger partial charge is 0.326 e. The molecule has 2 aliphatic heterocycles. The van der Waals surface area contributed by atoms with Gasteiger partial charge in [0.05, 0.1) is 5.56 Å². The Morgan fingerprint density at radius 2 is 2.00 bits per heavy atom. The number of carboxylic acid groups (broad SMARTS) is 1. The highest BCUT2D eigenvalue weighted by molar-refractivity contribution is 5.99. The quantitative estimate of drug-likeness (QED) is 0.894. The van der Waals surface area contributed by atoms with Gasteiger partial charge in [-0.05, 0) is 31.4 Å². The Bertz CT molecular complexity index is 571. The number of benzene rings is 1. The zero-order valence-corrected chi connectivity index (χ0v) is 11.6. The van der Waals surface area contributed by atoms with Crippen LogP contribution >= 0.6 is 0 Å². The number of fused-ring (bicyclic) bond motifs is 1. The molecule has 2 heterocycles. The average molecular weight is 291 g/mol. The Hall–Kier alpha value is -2.24. The molecule has 3 rings (SSSR count). The fraction of sp³-hybridized carbons (Fsp3) is 0.467. The molecular formula is C15H17NO5. The first-order valence-electron chi connectivity index (χ1n) is 7.11. The summed E-state index contributed by atoms with van der Waals surface area (Å²) in [5, 5.41) is 9.29. The number of carbonyl (C=O) groups excluding carboxylic acids is 1. The number of ether oxygens (including phenoxy) is 2. The molecule has 0 saturated carbocycles. The van der Waals surface area contributed by atoms with Gasteiger partial charge in [-0.1, -0.05) is 6.07 Å². The van der Waals surface area contributed by atoms with Gasteiger partial charge in [0.15, 0.2) is 11.5 Å². The van der Waals surface area contributed by atoms with Crippen LogP contribution in [0.3, 0.4) is 0 Å². The van der Waals surface area contributed by atoms with Gasteiger partial charge in [-0.2, -0.15) is 0 Å². The highest BCUT2D eigenvalue weighted by Gasteiger charge is 2.34. The van der Waals surface area contributed by atoms with Crippen molar-refractivity contribution in [1.29, 1.82) is 0 Å². The molecule has 1 amide bonds. The van der Waals surface area contributed by atoms with E-state index in [4.69, 9.17) is 9.47 Å². The molecule has 0 spiro atoms. The highest BCUT2D eigenvalue weighted by Crippen LogP contribution is 2.35. The first kappa shape index (κ1) is 13.7. The van der Waals surface area contributed by atoms with Crippen molar-refractivity contribution in [2.45, 2.75) is 25.3 Å². The van der Waals surface area contributed by atoms with Crippen LogP contribution in [0.15, 0.2) is 18.2 Å². The van der Waals surface area contributed by atoms with Crippen LogP contribution in [-0.2, 0) is 4.79 Å². The molecule has 0 aromatic heterocycles. The number of para-hydroxylation sites is 1. The minimum atomic E-state index is -0.954. The molecule has 112 valence electrons. The van der Waals surface area contributed by atoms with Crippen molar-refractivity contribution in [1.82, 2.24) is 4.90 Å². The molecule has 6 heteroatoms. The van der Waals surface area contributed by atoms with Gasteiger partial charge in [0.25, 0.3) is 5.91 Å². The lowest BCUT2D eigenvalue weighted by Crippen LogP contribution is -2.48. The van der Waals surface area contributed by atoms with Crippen LogP contribution in [0.5, 0.6) is 11.5 Å². The number of piperidine rings is 1. The van der Waals surface area contributed by atoms with Gasteiger partial charge >= 0.3 is 5.97 Å². The van der Waals surface area contributed by atoms with Crippen molar-refractivity contribution in [3.05, 3.63) is 23.8 Å². The van der Waals surface area contributed by atoms with Gasteiger partial charge in [-0.3, -0.25) is 4.79 Å². The van der Waals surface area contributed by atoms with Gasteiger partial charge in [-0.15, -0.1) is 0 Å². The van der Waals surface area contributed by atoms with Crippen LogP contribution in [0.1, 0.15) is 29.6 Å². The van der Waals surface area contributed by atoms with E-state index in [9.17, 15) is 14.7 Å². The van der Waals surface area contributed by atoms with Gasteiger partial charge < -0.3 is 19.5 Å². The molecule has 1 fully saturated rings. The summed E-state index contributed by atoms with van der Waals surface area (Å²) in [7, 11) is 0. The summed E-state index contributed by atoms with van der Waals surface area (Å²) >= 11 is 0. The summed E-state index contributed by atoms with van der Waals surface area (Å²) in [6.45, 7) is 1.30. The number of rotatable bonds is 2. The number of hydrogen-bond acceptors (Lipinski definition) is 4. The van der Waals surface area contributed by atoms with Crippen molar-refractivity contribution in [2.24, 2.45) is 0 Å². The lowest BCUT2D eigenvalue weighted by molar-refractivity contribution is -0.143. The second kappa shape index (κ2) is 5.63. The maximum atomic E-state index is 12.7. The number of amides is 1. The highest BCUT2D eigenvalue weighted by atomic mass is 16.6. The number of likely N-dealkylation sites (tertiary alicyclic amines) is 1. The van der Waals surface area contributed by atoms with Gasteiger partial charge in [-0.25, -0.2) is 4.79 Å². The third-order valence-electron chi connectivity index (χ3n) is 3.85. The molecule has 1 aromatic carbocycles. The summed E-state index contributed by atoms with van der Waals surface area (Å²) in [5.74, 6) is -0.297. The van der Waals surface area contributed by atoms with Crippen LogP contribution in [0.25, 0.3) is 0 Å². The zero-order valence-electron chi connectivity index (χ0n) is 11.6. The summed E-state index contributed by atoms with van der Waals surface area (Å²) in [6, 6.07) is 4.37. The van der Waals surface area contributed by atoms with E-state index in [0.29, 0.717) is 43.2 Å². The minimum absolute atomic E-state index is 0.301. The van der Waals surface area contributed by atoms with E-state index >= 15 is 0 Å². The normalized spacial score (nSPS) is 21.0. The maximum Gasteiger partial charge on any atom is 0.326 e. The standard InChI is InChI=1S/C15H17NO5/c17-14(16-7-2-1-5-11(16)15(18)19)10-4-3-6-12-13(10)21-9-8-20-12/h3-4,6,11H,1-2,5,7-9H2,(H,18,19). The Labute approximate surface area is 122 Å². The predicted octanol–water partition coefficient (Wildman–Crippen LogP) is 1.54. The first-order chi connectivity index (χ1) is 10.2. The lowest BCUT2D eigenvalue weighted by Gasteiger charge is -2.33. The SMILES string of the molecule is O=C(O)C1CCCCN1C(=O)c1cccc2c1OCCO2. The second-order valence-corrected chi connectivity index (χ2v) is 5.18. The molecule has 2 aliphatic rings. The van der Waals surface area contributed by atoms with Crippen LogP contribution < -0.4 is 9.47 Å². The second-order valence-electron chi connectivity index (χ2n) is 5.18. The molecule has 6 nitrogen and oxygen atoms in total. The van der Waals surface area contributed by atoms with E-state index in [1.165, 1.54) is 4.90 Å². The number of aliphatic carboxylic acids is 1.